The van der Waals surface area contributed by atoms with E-state index in [-0.39, 0.29) is 22.0 Å². The fourth-order valence-electron chi connectivity index (χ4n) is 3.20. The summed E-state index contributed by atoms with van der Waals surface area (Å²) < 4.78 is 13.4. The first kappa shape index (κ1) is 20.1. The number of anilines is 2. The molecule has 1 N–H and O–H groups in total. The zero-order valence-corrected chi connectivity index (χ0v) is 17.3. The molecule has 0 spiro atoms. The Bertz CT molecular complexity index is 1210. The van der Waals surface area contributed by atoms with E-state index in [1.165, 1.54) is 24.3 Å². The first-order chi connectivity index (χ1) is 14.4. The molecule has 1 heterocycles. The number of para-hydroxylation sites is 1. The first-order valence-corrected chi connectivity index (χ1v) is 9.79. The van der Waals surface area contributed by atoms with E-state index in [0.29, 0.717) is 16.3 Å². The van der Waals surface area contributed by atoms with Gasteiger partial charge in [0, 0.05) is 10.7 Å². The van der Waals surface area contributed by atoms with Gasteiger partial charge >= 0.3 is 0 Å². The van der Waals surface area contributed by atoms with E-state index in [2.05, 4.69) is 5.32 Å². The van der Waals surface area contributed by atoms with Gasteiger partial charge < -0.3 is 5.32 Å². The molecule has 0 aliphatic carbocycles. The van der Waals surface area contributed by atoms with Crippen molar-refractivity contribution in [3.63, 3.8) is 0 Å². The molecule has 7 heteroatoms. The number of nitrogens with zero attached hydrogens (tertiary/aromatic N) is 1. The van der Waals surface area contributed by atoms with E-state index >= 15 is 0 Å². The molecule has 30 heavy (non-hydrogen) atoms. The summed E-state index contributed by atoms with van der Waals surface area (Å²) in [6.45, 7) is 1.86. The second-order valence-corrected chi connectivity index (χ2v) is 7.56. The smallest absolute Gasteiger partial charge is 0.282 e. The maximum absolute atomic E-state index is 13.4. The second kappa shape index (κ2) is 7.94. The van der Waals surface area contributed by atoms with Gasteiger partial charge in [-0.1, -0.05) is 53.5 Å². The van der Waals surface area contributed by atoms with Crippen molar-refractivity contribution in [1.29, 1.82) is 0 Å². The normalized spacial score (nSPS) is 13.9. The molecule has 3 aromatic rings. The highest BCUT2D eigenvalue weighted by Crippen LogP contribution is 2.37. The Morgan fingerprint density at radius 2 is 1.57 bits per heavy atom. The Morgan fingerprint density at radius 1 is 0.867 bits per heavy atom. The van der Waals surface area contributed by atoms with Crippen LogP contribution in [0.1, 0.15) is 11.1 Å². The molecule has 0 atom stereocenters. The molecule has 1 aliphatic heterocycles. The average molecular weight is 441 g/mol. The minimum Gasteiger partial charge on any atom is -0.350 e. The summed E-state index contributed by atoms with van der Waals surface area (Å²) in [5.74, 6) is -1.57. The maximum atomic E-state index is 13.4. The van der Waals surface area contributed by atoms with Gasteiger partial charge in [-0.2, -0.15) is 0 Å². The van der Waals surface area contributed by atoms with Crippen LogP contribution in [0.3, 0.4) is 0 Å². The summed E-state index contributed by atoms with van der Waals surface area (Å²) in [6.07, 6.45) is 0. The molecule has 150 valence electrons. The van der Waals surface area contributed by atoms with Gasteiger partial charge in [0.2, 0.25) is 0 Å². The topological polar surface area (TPSA) is 49.4 Å². The lowest BCUT2D eigenvalue weighted by Gasteiger charge is -2.16. The van der Waals surface area contributed by atoms with Crippen molar-refractivity contribution < 1.29 is 14.0 Å². The van der Waals surface area contributed by atoms with E-state index in [9.17, 15) is 14.0 Å². The number of amides is 2. The molecular formula is C23H15Cl2FN2O2. The molecule has 0 fully saturated rings. The number of hydrogen-bond donors (Lipinski definition) is 1. The summed E-state index contributed by atoms with van der Waals surface area (Å²) in [6, 6.07) is 17.2. The molecular weight excluding hydrogens is 426 g/mol. The van der Waals surface area contributed by atoms with Gasteiger partial charge in [-0.3, -0.25) is 9.59 Å². The Morgan fingerprint density at radius 3 is 2.23 bits per heavy atom. The van der Waals surface area contributed by atoms with Gasteiger partial charge in [0.1, 0.15) is 11.5 Å². The monoisotopic (exact) mass is 440 g/mol. The SMILES string of the molecule is Cc1ccc(NC2=C(c3ccc(F)cc3)C(=O)N(c3ccccc3Cl)C2=O)cc1Cl. The minimum absolute atomic E-state index is 0.0615. The van der Waals surface area contributed by atoms with Crippen LogP contribution >= 0.6 is 23.2 Å². The standard InChI is InChI=1S/C23H15Cl2FN2O2/c1-13-6-11-16(12-18(13)25)27-21-20(14-7-9-15(26)10-8-14)22(29)28(23(21)30)19-5-3-2-4-17(19)24/h2-12,27H,1H3. The lowest BCUT2D eigenvalue weighted by Crippen LogP contribution is -2.32. The zero-order valence-electron chi connectivity index (χ0n) is 15.7. The zero-order chi connectivity index (χ0) is 21.4. The van der Waals surface area contributed by atoms with Crippen LogP contribution in [0.2, 0.25) is 10.0 Å². The number of hydrogen-bond acceptors (Lipinski definition) is 3. The third-order valence-electron chi connectivity index (χ3n) is 4.75. The van der Waals surface area contributed by atoms with E-state index in [1.54, 1.807) is 42.5 Å². The maximum Gasteiger partial charge on any atom is 0.282 e. The van der Waals surface area contributed by atoms with Gasteiger partial charge in [0.05, 0.1) is 16.3 Å². The Hall–Kier alpha value is -3.15. The van der Waals surface area contributed by atoms with Crippen molar-refractivity contribution >= 4 is 52.0 Å². The second-order valence-electron chi connectivity index (χ2n) is 6.74. The van der Waals surface area contributed by atoms with Crippen molar-refractivity contribution in [3.8, 4) is 0 Å². The van der Waals surface area contributed by atoms with Crippen LogP contribution in [0, 0.1) is 12.7 Å². The molecule has 4 nitrogen and oxygen atoms in total. The van der Waals surface area contributed by atoms with Crippen molar-refractivity contribution in [3.05, 3.63) is 99.4 Å². The number of carbonyl (C=O) groups is 2. The largest absolute Gasteiger partial charge is 0.350 e. The summed E-state index contributed by atoms with van der Waals surface area (Å²) in [7, 11) is 0. The van der Waals surface area contributed by atoms with Crippen LogP contribution < -0.4 is 10.2 Å². The predicted molar refractivity (Wildman–Crippen MR) is 117 cm³/mol. The molecule has 0 radical (unpaired) electrons. The fourth-order valence-corrected chi connectivity index (χ4v) is 3.60. The van der Waals surface area contributed by atoms with Gasteiger partial charge in [-0.05, 0) is 54.4 Å². The van der Waals surface area contributed by atoms with Crippen LogP contribution in [0.15, 0.2) is 72.4 Å². The van der Waals surface area contributed by atoms with Gasteiger partial charge in [-0.15, -0.1) is 0 Å². The molecule has 3 aromatic carbocycles. The Kier molecular flexibility index (Phi) is 5.33. The predicted octanol–water partition coefficient (Wildman–Crippen LogP) is 5.84. The first-order valence-electron chi connectivity index (χ1n) is 9.03. The van der Waals surface area contributed by atoms with Crippen LogP contribution in [0.4, 0.5) is 15.8 Å². The molecule has 2 amide bonds. The third-order valence-corrected chi connectivity index (χ3v) is 5.48. The number of rotatable bonds is 4. The summed E-state index contributed by atoms with van der Waals surface area (Å²) in [5.41, 5.74) is 2.28. The van der Waals surface area contributed by atoms with E-state index in [0.717, 1.165) is 10.5 Å². The summed E-state index contributed by atoms with van der Waals surface area (Å²) in [5, 5.41) is 3.80. The van der Waals surface area contributed by atoms with Crippen molar-refractivity contribution in [2.24, 2.45) is 0 Å². The fraction of sp³-hybridized carbons (Fsp3) is 0.0435. The number of nitrogens with one attached hydrogen (secondary N) is 1. The van der Waals surface area contributed by atoms with E-state index in [1.807, 2.05) is 6.92 Å². The highest BCUT2D eigenvalue weighted by molar-refractivity contribution is 6.48. The molecule has 1 aliphatic rings. The minimum atomic E-state index is -0.566. The number of carbonyl (C=O) groups excluding carboxylic acids is 2. The van der Waals surface area contributed by atoms with Crippen LogP contribution in [0.25, 0.3) is 5.57 Å². The van der Waals surface area contributed by atoms with Crippen molar-refractivity contribution in [2.45, 2.75) is 6.92 Å². The van der Waals surface area contributed by atoms with Gasteiger partial charge in [0.25, 0.3) is 11.8 Å². The van der Waals surface area contributed by atoms with Crippen LogP contribution in [-0.2, 0) is 9.59 Å². The molecule has 0 aromatic heterocycles. The number of benzene rings is 3. The molecule has 0 unspecified atom stereocenters. The molecule has 0 saturated heterocycles. The van der Waals surface area contributed by atoms with Crippen molar-refractivity contribution in [1.82, 2.24) is 0 Å². The Balaban J connectivity index is 1.84. The highest BCUT2D eigenvalue weighted by Gasteiger charge is 2.41. The highest BCUT2D eigenvalue weighted by atomic mass is 35.5. The summed E-state index contributed by atoms with van der Waals surface area (Å²) >= 11 is 12.4. The van der Waals surface area contributed by atoms with E-state index in [4.69, 9.17) is 23.2 Å². The lowest BCUT2D eigenvalue weighted by molar-refractivity contribution is -0.120. The molecule has 0 bridgehead atoms. The average Bonchev–Trinajstić information content (AvgIpc) is 2.96. The van der Waals surface area contributed by atoms with Crippen molar-refractivity contribution in [2.75, 3.05) is 10.2 Å². The number of aryl methyl sites for hydroxylation is 1. The lowest BCUT2D eigenvalue weighted by atomic mass is 10.0. The van der Waals surface area contributed by atoms with Crippen LogP contribution in [-0.4, -0.2) is 11.8 Å². The van der Waals surface area contributed by atoms with E-state index < -0.39 is 17.6 Å². The Labute approximate surface area is 182 Å². The van der Waals surface area contributed by atoms with Gasteiger partial charge in [-0.25, -0.2) is 9.29 Å². The number of halogens is 3. The van der Waals surface area contributed by atoms with Gasteiger partial charge in [0.15, 0.2) is 0 Å². The number of imide groups is 1. The molecule has 4 rings (SSSR count). The summed E-state index contributed by atoms with van der Waals surface area (Å²) in [4.78, 5) is 27.6. The third kappa shape index (κ3) is 3.58. The quantitative estimate of drug-likeness (QED) is 0.518. The molecule has 0 saturated carbocycles. The van der Waals surface area contributed by atoms with Crippen LogP contribution in [0.5, 0.6) is 0 Å².